The molecule has 0 bridgehead atoms. The van der Waals surface area contributed by atoms with Crippen molar-refractivity contribution in [1.29, 1.82) is 5.26 Å². The Morgan fingerprint density at radius 1 is 1.26 bits per heavy atom. The smallest absolute Gasteiger partial charge is 0.103 e. The van der Waals surface area contributed by atoms with E-state index in [0.717, 1.165) is 11.4 Å². The van der Waals surface area contributed by atoms with Crippen molar-refractivity contribution < 1.29 is 4.74 Å². The Kier molecular flexibility index (Phi) is 3.68. The minimum atomic E-state index is -0.251. The first-order valence-corrected chi connectivity index (χ1v) is 6.17. The molecular weight excluding hydrogens is 238 g/mol. The van der Waals surface area contributed by atoms with Crippen LogP contribution < -0.4 is 0 Å². The van der Waals surface area contributed by atoms with Crippen LogP contribution in [0.15, 0.2) is 36.5 Å². The molecule has 0 N–H and O–H groups in total. The van der Waals surface area contributed by atoms with Crippen LogP contribution in [-0.2, 0) is 11.3 Å². The fourth-order valence-electron chi connectivity index (χ4n) is 1.68. The van der Waals surface area contributed by atoms with Crippen molar-refractivity contribution in [3.8, 4) is 11.8 Å². The van der Waals surface area contributed by atoms with Gasteiger partial charge >= 0.3 is 0 Å². The van der Waals surface area contributed by atoms with Gasteiger partial charge in [-0.25, -0.2) is 4.68 Å². The van der Waals surface area contributed by atoms with Crippen LogP contribution in [0.1, 0.15) is 32.0 Å². The maximum Gasteiger partial charge on any atom is 0.103 e. The Morgan fingerprint density at radius 2 is 1.95 bits per heavy atom. The van der Waals surface area contributed by atoms with Gasteiger partial charge in [0.25, 0.3) is 0 Å². The zero-order valence-corrected chi connectivity index (χ0v) is 11.4. The fraction of sp³-hybridized carbons (Fsp3) is 0.333. The van der Waals surface area contributed by atoms with E-state index < -0.39 is 0 Å². The molecule has 0 aliphatic heterocycles. The number of hydrogen-bond acceptors (Lipinski definition) is 3. The standard InChI is InChI=1S/C15H17N3O/c1-15(2,3)19-11-14-12(9-16)10-17-18(14)13-7-5-4-6-8-13/h4-8,10H,11H2,1-3H3. The van der Waals surface area contributed by atoms with Crippen LogP contribution in [0.2, 0.25) is 0 Å². The molecule has 0 saturated carbocycles. The van der Waals surface area contributed by atoms with Crippen LogP contribution in [0, 0.1) is 11.3 Å². The number of ether oxygens (including phenoxy) is 1. The van der Waals surface area contributed by atoms with Crippen molar-refractivity contribution in [2.45, 2.75) is 33.0 Å². The van der Waals surface area contributed by atoms with Crippen LogP contribution in [0.4, 0.5) is 0 Å². The summed E-state index contributed by atoms with van der Waals surface area (Å²) in [7, 11) is 0. The summed E-state index contributed by atoms with van der Waals surface area (Å²) in [5, 5.41) is 13.4. The zero-order chi connectivity index (χ0) is 13.9. The predicted molar refractivity (Wildman–Crippen MR) is 72.8 cm³/mol. The summed E-state index contributed by atoms with van der Waals surface area (Å²) in [6.07, 6.45) is 1.58. The summed E-state index contributed by atoms with van der Waals surface area (Å²) in [6.45, 7) is 6.33. The minimum Gasteiger partial charge on any atom is -0.370 e. The predicted octanol–water partition coefficient (Wildman–Crippen LogP) is 3.06. The molecule has 0 atom stereocenters. The first kappa shape index (κ1) is 13.3. The van der Waals surface area contributed by atoms with Gasteiger partial charge in [-0.2, -0.15) is 10.4 Å². The summed E-state index contributed by atoms with van der Waals surface area (Å²) in [6, 6.07) is 11.9. The summed E-state index contributed by atoms with van der Waals surface area (Å²) in [4.78, 5) is 0. The van der Waals surface area contributed by atoms with Gasteiger partial charge < -0.3 is 4.74 Å². The van der Waals surface area contributed by atoms with E-state index in [1.165, 1.54) is 0 Å². The normalized spacial score (nSPS) is 11.3. The van der Waals surface area contributed by atoms with Gasteiger partial charge in [-0.3, -0.25) is 0 Å². The van der Waals surface area contributed by atoms with Crippen molar-refractivity contribution in [2.75, 3.05) is 0 Å². The Labute approximate surface area is 113 Å². The van der Waals surface area contributed by atoms with Crippen molar-refractivity contribution >= 4 is 0 Å². The third kappa shape index (κ3) is 3.21. The molecule has 0 aliphatic carbocycles. The first-order chi connectivity index (χ1) is 9.01. The van der Waals surface area contributed by atoms with Crippen molar-refractivity contribution in [1.82, 2.24) is 9.78 Å². The second-order valence-corrected chi connectivity index (χ2v) is 5.27. The highest BCUT2D eigenvalue weighted by Crippen LogP contribution is 2.18. The van der Waals surface area contributed by atoms with E-state index in [9.17, 15) is 0 Å². The van der Waals surface area contributed by atoms with Crippen LogP contribution in [0.3, 0.4) is 0 Å². The lowest BCUT2D eigenvalue weighted by Gasteiger charge is -2.20. The topological polar surface area (TPSA) is 50.8 Å². The summed E-state index contributed by atoms with van der Waals surface area (Å²) in [5.74, 6) is 0. The highest BCUT2D eigenvalue weighted by atomic mass is 16.5. The van der Waals surface area contributed by atoms with Crippen LogP contribution in [0.25, 0.3) is 5.69 Å². The molecule has 4 heteroatoms. The number of para-hydroxylation sites is 1. The van der Waals surface area contributed by atoms with Crippen LogP contribution in [0.5, 0.6) is 0 Å². The highest BCUT2D eigenvalue weighted by molar-refractivity contribution is 5.39. The number of benzene rings is 1. The summed E-state index contributed by atoms with van der Waals surface area (Å²) >= 11 is 0. The van der Waals surface area contributed by atoms with Gasteiger partial charge in [0.1, 0.15) is 6.07 Å². The maximum atomic E-state index is 9.15. The molecule has 0 aliphatic rings. The van der Waals surface area contributed by atoms with E-state index in [1.807, 2.05) is 51.1 Å². The average molecular weight is 255 g/mol. The van der Waals surface area contributed by atoms with Gasteiger partial charge in [-0.05, 0) is 32.9 Å². The molecule has 0 saturated heterocycles. The Bertz CT molecular complexity index is 588. The van der Waals surface area contributed by atoms with E-state index in [1.54, 1.807) is 10.9 Å². The molecule has 0 fully saturated rings. The van der Waals surface area contributed by atoms with Gasteiger partial charge in [0, 0.05) is 0 Å². The third-order valence-corrected chi connectivity index (χ3v) is 2.63. The van der Waals surface area contributed by atoms with E-state index in [0.29, 0.717) is 12.2 Å². The first-order valence-electron chi connectivity index (χ1n) is 6.17. The molecule has 2 aromatic rings. The van der Waals surface area contributed by atoms with Gasteiger partial charge in [-0.15, -0.1) is 0 Å². The van der Waals surface area contributed by atoms with Gasteiger partial charge in [0.05, 0.1) is 35.3 Å². The van der Waals surface area contributed by atoms with E-state index in [-0.39, 0.29) is 5.60 Å². The maximum absolute atomic E-state index is 9.15. The van der Waals surface area contributed by atoms with Crippen LogP contribution >= 0.6 is 0 Å². The van der Waals surface area contributed by atoms with Crippen molar-refractivity contribution in [3.05, 3.63) is 47.8 Å². The van der Waals surface area contributed by atoms with Gasteiger partial charge in [0.2, 0.25) is 0 Å². The third-order valence-electron chi connectivity index (χ3n) is 2.63. The Morgan fingerprint density at radius 3 is 2.53 bits per heavy atom. The summed E-state index contributed by atoms with van der Waals surface area (Å²) < 4.78 is 7.52. The molecule has 19 heavy (non-hydrogen) atoms. The SMILES string of the molecule is CC(C)(C)OCc1c(C#N)cnn1-c1ccccc1. The average Bonchev–Trinajstić information content (AvgIpc) is 2.79. The number of nitrogens with zero attached hydrogens (tertiary/aromatic N) is 3. The van der Waals surface area contributed by atoms with Crippen LogP contribution in [-0.4, -0.2) is 15.4 Å². The van der Waals surface area contributed by atoms with E-state index in [4.69, 9.17) is 10.00 Å². The van der Waals surface area contributed by atoms with E-state index in [2.05, 4.69) is 11.2 Å². The molecule has 2 rings (SSSR count). The fourth-order valence-corrected chi connectivity index (χ4v) is 1.68. The largest absolute Gasteiger partial charge is 0.370 e. The molecule has 0 amide bonds. The second kappa shape index (κ2) is 5.25. The number of rotatable bonds is 3. The zero-order valence-electron chi connectivity index (χ0n) is 11.4. The molecule has 1 heterocycles. The number of aromatic nitrogens is 2. The molecular formula is C15H17N3O. The Balaban J connectivity index is 2.36. The lowest BCUT2D eigenvalue weighted by molar-refractivity contribution is -0.0173. The second-order valence-electron chi connectivity index (χ2n) is 5.27. The lowest BCUT2D eigenvalue weighted by atomic mass is 10.2. The lowest BCUT2D eigenvalue weighted by Crippen LogP contribution is -2.20. The van der Waals surface area contributed by atoms with Crippen molar-refractivity contribution in [2.24, 2.45) is 0 Å². The summed E-state index contributed by atoms with van der Waals surface area (Å²) in [5.41, 5.74) is 2.01. The molecule has 1 aromatic heterocycles. The minimum absolute atomic E-state index is 0.251. The number of nitriles is 1. The number of hydrogen-bond donors (Lipinski definition) is 0. The molecule has 4 nitrogen and oxygen atoms in total. The van der Waals surface area contributed by atoms with E-state index >= 15 is 0 Å². The highest BCUT2D eigenvalue weighted by Gasteiger charge is 2.16. The molecule has 0 unspecified atom stereocenters. The van der Waals surface area contributed by atoms with Gasteiger partial charge in [-0.1, -0.05) is 18.2 Å². The van der Waals surface area contributed by atoms with Gasteiger partial charge in [0.15, 0.2) is 0 Å². The molecule has 98 valence electrons. The Hall–Kier alpha value is -2.12. The quantitative estimate of drug-likeness (QED) is 0.847. The molecule has 1 aromatic carbocycles. The molecule has 0 spiro atoms. The monoisotopic (exact) mass is 255 g/mol. The van der Waals surface area contributed by atoms with Crippen molar-refractivity contribution in [3.63, 3.8) is 0 Å². The molecule has 0 radical (unpaired) electrons.